The fourth-order valence-electron chi connectivity index (χ4n) is 3.11. The lowest BCUT2D eigenvalue weighted by Crippen LogP contribution is -2.34. The number of rotatable bonds is 8. The van der Waals surface area contributed by atoms with Gasteiger partial charge in [0.1, 0.15) is 23.9 Å². The summed E-state index contributed by atoms with van der Waals surface area (Å²) in [6.45, 7) is 4.31. The normalized spacial score (nSPS) is 15.7. The van der Waals surface area contributed by atoms with Crippen LogP contribution >= 0.6 is 0 Å². The van der Waals surface area contributed by atoms with Crippen LogP contribution in [0.25, 0.3) is 0 Å². The topological polar surface area (TPSA) is 91.4 Å². The van der Waals surface area contributed by atoms with E-state index in [0.717, 1.165) is 0 Å². The predicted octanol–water partition coefficient (Wildman–Crippen LogP) is 2.72. The molecule has 0 spiro atoms. The van der Waals surface area contributed by atoms with Gasteiger partial charge in [-0.3, -0.25) is 0 Å². The Hall–Kier alpha value is -2.78. The third-order valence-corrected chi connectivity index (χ3v) is 6.76. The average molecular weight is 435 g/mol. The number of esters is 1. The van der Waals surface area contributed by atoms with Crippen LogP contribution in [-0.4, -0.2) is 58.2 Å². The van der Waals surface area contributed by atoms with E-state index in [2.05, 4.69) is 0 Å². The van der Waals surface area contributed by atoms with Gasteiger partial charge < -0.3 is 18.9 Å². The van der Waals surface area contributed by atoms with E-state index in [1.165, 1.54) is 29.6 Å². The number of sulfonamides is 1. The molecule has 0 radical (unpaired) electrons. The molecule has 0 aromatic heterocycles. The number of methoxy groups -OCH3 is 1. The SMILES string of the molecule is CCN(CC)S(=O)(=O)c1cc(C(=O)OCC2COc3ccccc3O2)ccc1OC. The molecule has 0 fully saturated rings. The molecule has 0 amide bonds. The minimum absolute atomic E-state index is 0.0304. The Labute approximate surface area is 176 Å². The van der Waals surface area contributed by atoms with Gasteiger partial charge in [0, 0.05) is 13.1 Å². The molecule has 1 unspecified atom stereocenters. The molecule has 9 heteroatoms. The van der Waals surface area contributed by atoms with Crippen LogP contribution in [0.4, 0.5) is 0 Å². The molecule has 3 rings (SSSR count). The van der Waals surface area contributed by atoms with E-state index in [9.17, 15) is 13.2 Å². The molecule has 1 aliphatic rings. The van der Waals surface area contributed by atoms with Gasteiger partial charge in [0.05, 0.1) is 12.7 Å². The van der Waals surface area contributed by atoms with Gasteiger partial charge in [-0.15, -0.1) is 0 Å². The summed E-state index contributed by atoms with van der Waals surface area (Å²) in [6, 6.07) is 11.4. The molecule has 2 aromatic carbocycles. The maximum absolute atomic E-state index is 12.9. The molecule has 0 aliphatic carbocycles. The van der Waals surface area contributed by atoms with E-state index in [1.54, 1.807) is 26.0 Å². The zero-order chi connectivity index (χ0) is 21.7. The highest BCUT2D eigenvalue weighted by Crippen LogP contribution is 2.31. The fraction of sp³-hybridized carbons (Fsp3) is 0.381. The first-order valence-electron chi connectivity index (χ1n) is 9.64. The van der Waals surface area contributed by atoms with Crippen LogP contribution < -0.4 is 14.2 Å². The lowest BCUT2D eigenvalue weighted by atomic mass is 10.2. The Morgan fingerprint density at radius 2 is 1.83 bits per heavy atom. The minimum Gasteiger partial charge on any atom is -0.495 e. The molecule has 0 saturated heterocycles. The van der Waals surface area contributed by atoms with Crippen LogP contribution in [0.3, 0.4) is 0 Å². The smallest absolute Gasteiger partial charge is 0.338 e. The van der Waals surface area contributed by atoms with E-state index < -0.39 is 22.1 Å². The molecular formula is C21H25NO7S. The number of nitrogens with zero attached hydrogens (tertiary/aromatic N) is 1. The van der Waals surface area contributed by atoms with E-state index in [1.807, 2.05) is 12.1 Å². The summed E-state index contributed by atoms with van der Waals surface area (Å²) < 4.78 is 49.1. The minimum atomic E-state index is -3.81. The van der Waals surface area contributed by atoms with Crippen molar-refractivity contribution in [2.45, 2.75) is 24.8 Å². The lowest BCUT2D eigenvalue weighted by Gasteiger charge is -2.26. The standard InChI is InChI=1S/C21H25NO7S/c1-4-22(5-2)30(24,25)20-12-15(10-11-19(20)26-3)21(23)28-14-16-13-27-17-8-6-7-9-18(17)29-16/h6-12,16H,4-5,13-14H2,1-3H3. The summed E-state index contributed by atoms with van der Waals surface area (Å²) in [4.78, 5) is 12.5. The highest BCUT2D eigenvalue weighted by atomic mass is 32.2. The van der Waals surface area contributed by atoms with E-state index >= 15 is 0 Å². The van der Waals surface area contributed by atoms with Crippen molar-refractivity contribution in [3.8, 4) is 17.2 Å². The average Bonchev–Trinajstić information content (AvgIpc) is 2.77. The Balaban J connectivity index is 1.74. The zero-order valence-corrected chi connectivity index (χ0v) is 18.0. The van der Waals surface area contributed by atoms with Crippen molar-refractivity contribution in [2.24, 2.45) is 0 Å². The van der Waals surface area contributed by atoms with Gasteiger partial charge in [-0.05, 0) is 30.3 Å². The monoisotopic (exact) mass is 435 g/mol. The van der Waals surface area contributed by atoms with Crippen molar-refractivity contribution < 1.29 is 32.2 Å². The van der Waals surface area contributed by atoms with E-state index in [-0.39, 0.29) is 29.4 Å². The third-order valence-electron chi connectivity index (χ3n) is 4.69. The molecule has 1 atom stereocenters. The number of para-hydroxylation sites is 2. The molecule has 8 nitrogen and oxygen atoms in total. The number of hydrogen-bond donors (Lipinski definition) is 0. The number of fused-ring (bicyclic) bond motifs is 1. The number of benzene rings is 2. The van der Waals surface area contributed by atoms with Crippen LogP contribution in [0.1, 0.15) is 24.2 Å². The second-order valence-electron chi connectivity index (χ2n) is 6.55. The Morgan fingerprint density at radius 3 is 2.50 bits per heavy atom. The van der Waals surface area contributed by atoms with Crippen molar-refractivity contribution in [1.29, 1.82) is 0 Å². The Morgan fingerprint density at radius 1 is 1.13 bits per heavy atom. The van der Waals surface area contributed by atoms with Crippen LogP contribution in [0, 0.1) is 0 Å². The molecular weight excluding hydrogens is 410 g/mol. The second-order valence-corrected chi connectivity index (χ2v) is 8.46. The van der Waals surface area contributed by atoms with E-state index in [0.29, 0.717) is 24.6 Å². The van der Waals surface area contributed by atoms with Crippen molar-refractivity contribution in [3.63, 3.8) is 0 Å². The molecule has 1 heterocycles. The summed E-state index contributed by atoms with van der Waals surface area (Å²) in [5.41, 5.74) is 0.110. The number of carbonyl (C=O) groups is 1. The van der Waals surface area contributed by atoms with Gasteiger partial charge in [-0.1, -0.05) is 26.0 Å². The summed E-state index contributed by atoms with van der Waals surface area (Å²) >= 11 is 0. The largest absolute Gasteiger partial charge is 0.495 e. The molecule has 162 valence electrons. The van der Waals surface area contributed by atoms with Crippen molar-refractivity contribution in [3.05, 3.63) is 48.0 Å². The van der Waals surface area contributed by atoms with Gasteiger partial charge in [0.25, 0.3) is 0 Å². The van der Waals surface area contributed by atoms with Crippen LogP contribution in [-0.2, 0) is 14.8 Å². The quantitative estimate of drug-likeness (QED) is 0.589. The van der Waals surface area contributed by atoms with Crippen LogP contribution in [0.15, 0.2) is 47.4 Å². The van der Waals surface area contributed by atoms with Gasteiger partial charge in [0.2, 0.25) is 10.0 Å². The summed E-state index contributed by atoms with van der Waals surface area (Å²) in [6.07, 6.45) is -0.457. The number of ether oxygens (including phenoxy) is 4. The number of carbonyl (C=O) groups excluding carboxylic acids is 1. The Bertz CT molecular complexity index is 1000. The first-order chi connectivity index (χ1) is 14.4. The van der Waals surface area contributed by atoms with Crippen LogP contribution in [0.2, 0.25) is 0 Å². The molecule has 0 bridgehead atoms. The maximum Gasteiger partial charge on any atom is 0.338 e. The highest BCUT2D eigenvalue weighted by molar-refractivity contribution is 7.89. The van der Waals surface area contributed by atoms with Crippen molar-refractivity contribution >= 4 is 16.0 Å². The zero-order valence-electron chi connectivity index (χ0n) is 17.2. The first kappa shape index (κ1) is 21.9. The van der Waals surface area contributed by atoms with Crippen molar-refractivity contribution in [1.82, 2.24) is 4.31 Å². The molecule has 0 saturated carbocycles. The number of hydrogen-bond acceptors (Lipinski definition) is 7. The molecule has 1 aliphatic heterocycles. The van der Waals surface area contributed by atoms with Gasteiger partial charge >= 0.3 is 5.97 Å². The first-order valence-corrected chi connectivity index (χ1v) is 11.1. The maximum atomic E-state index is 12.9. The van der Waals surface area contributed by atoms with Crippen LogP contribution in [0.5, 0.6) is 17.2 Å². The van der Waals surface area contributed by atoms with Gasteiger partial charge in [-0.25, -0.2) is 13.2 Å². The second kappa shape index (κ2) is 9.36. The Kier molecular flexibility index (Phi) is 6.84. The lowest BCUT2D eigenvalue weighted by molar-refractivity contribution is 0.0109. The fourth-order valence-corrected chi connectivity index (χ4v) is 4.74. The third kappa shape index (κ3) is 4.52. The molecule has 30 heavy (non-hydrogen) atoms. The molecule has 2 aromatic rings. The summed E-state index contributed by atoms with van der Waals surface area (Å²) in [5, 5.41) is 0. The predicted molar refractivity (Wildman–Crippen MR) is 110 cm³/mol. The van der Waals surface area contributed by atoms with Gasteiger partial charge in [-0.2, -0.15) is 4.31 Å². The van der Waals surface area contributed by atoms with Gasteiger partial charge in [0.15, 0.2) is 17.6 Å². The summed E-state index contributed by atoms with van der Waals surface area (Å²) in [7, 11) is -2.43. The highest BCUT2D eigenvalue weighted by Gasteiger charge is 2.28. The molecule has 0 N–H and O–H groups in total. The summed E-state index contributed by atoms with van der Waals surface area (Å²) in [5.74, 6) is 0.735. The van der Waals surface area contributed by atoms with E-state index in [4.69, 9.17) is 18.9 Å². The van der Waals surface area contributed by atoms with Crippen molar-refractivity contribution in [2.75, 3.05) is 33.4 Å².